The van der Waals surface area contributed by atoms with Crippen LogP contribution in [0.15, 0.2) is 4.90 Å². The van der Waals surface area contributed by atoms with Crippen molar-refractivity contribution in [2.75, 3.05) is 6.26 Å². The molecule has 0 aliphatic rings. The van der Waals surface area contributed by atoms with E-state index in [-0.39, 0.29) is 0 Å². The first-order chi connectivity index (χ1) is 7.21. The van der Waals surface area contributed by atoms with Crippen LogP contribution < -0.4 is 0 Å². The number of halogens is 5. The van der Waals surface area contributed by atoms with Crippen molar-refractivity contribution in [2.24, 2.45) is 0 Å². The monoisotopic (exact) mass is 260 g/mol. The summed E-state index contributed by atoms with van der Waals surface area (Å²) in [6.45, 7) is -1.76. The van der Waals surface area contributed by atoms with E-state index >= 15 is 0 Å². The lowest BCUT2D eigenvalue weighted by atomic mass is 10.2. The third kappa shape index (κ3) is 1.89. The third-order valence-corrected chi connectivity index (χ3v) is 2.99. The third-order valence-electron chi connectivity index (χ3n) is 1.82. The van der Waals surface area contributed by atoms with Crippen LogP contribution in [0.4, 0.5) is 22.0 Å². The fourth-order valence-corrected chi connectivity index (χ4v) is 2.17. The lowest BCUT2D eigenvalue weighted by molar-refractivity contribution is 0.371. The van der Waals surface area contributed by atoms with Crippen LogP contribution in [0.3, 0.4) is 0 Å². The molecular formula is C8H5F5O2S. The molecule has 0 aliphatic carbocycles. The average molecular weight is 260 g/mol. The van der Waals surface area contributed by atoms with Gasteiger partial charge in [-0.15, -0.1) is 0 Å². The predicted octanol–water partition coefficient (Wildman–Crippen LogP) is 2.12. The van der Waals surface area contributed by atoms with Crippen molar-refractivity contribution < 1.29 is 30.4 Å². The van der Waals surface area contributed by atoms with Gasteiger partial charge in [0.05, 0.1) is 0 Å². The van der Waals surface area contributed by atoms with E-state index in [1.165, 1.54) is 0 Å². The molecule has 0 amide bonds. The molecule has 0 radical (unpaired) electrons. The minimum Gasteiger partial charge on any atom is -0.246 e. The Bertz CT molecular complexity index is 538. The summed E-state index contributed by atoms with van der Waals surface area (Å²) in [7, 11) is -4.40. The predicted molar refractivity (Wildman–Crippen MR) is 44.2 cm³/mol. The Hall–Kier alpha value is -1.18. The molecule has 0 saturated heterocycles. The Morgan fingerprint density at radius 1 is 0.938 bits per heavy atom. The highest BCUT2D eigenvalue weighted by Crippen LogP contribution is 2.28. The van der Waals surface area contributed by atoms with E-state index in [0.717, 1.165) is 0 Å². The van der Waals surface area contributed by atoms with Crippen LogP contribution >= 0.6 is 0 Å². The molecule has 0 fully saturated rings. The molecule has 1 aromatic carbocycles. The zero-order valence-corrected chi connectivity index (χ0v) is 8.64. The van der Waals surface area contributed by atoms with E-state index in [1.807, 2.05) is 0 Å². The molecule has 1 rings (SSSR count). The van der Waals surface area contributed by atoms with Gasteiger partial charge < -0.3 is 0 Å². The molecule has 0 aromatic heterocycles. The van der Waals surface area contributed by atoms with Crippen molar-refractivity contribution in [3.8, 4) is 0 Å². The summed E-state index contributed by atoms with van der Waals surface area (Å²) in [6.07, 6.45) is 0.432. The van der Waals surface area contributed by atoms with Gasteiger partial charge in [0.2, 0.25) is 0 Å². The fraction of sp³-hybridized carbons (Fsp3) is 0.250. The van der Waals surface area contributed by atoms with Crippen LogP contribution in [0.2, 0.25) is 0 Å². The highest BCUT2D eigenvalue weighted by molar-refractivity contribution is 7.90. The molecular weight excluding hydrogens is 255 g/mol. The molecule has 0 N–H and O–H groups in total. The van der Waals surface area contributed by atoms with Crippen molar-refractivity contribution in [3.05, 3.63) is 28.8 Å². The smallest absolute Gasteiger partial charge is 0.198 e. The Balaban J connectivity index is 3.87. The maximum atomic E-state index is 13.1. The summed E-state index contributed by atoms with van der Waals surface area (Å²) in [6, 6.07) is 0. The van der Waals surface area contributed by atoms with Gasteiger partial charge in [-0.2, -0.15) is 0 Å². The normalized spacial score (nSPS) is 11.9. The highest BCUT2D eigenvalue weighted by atomic mass is 32.2. The molecule has 0 saturated carbocycles. The molecule has 0 heterocycles. The van der Waals surface area contributed by atoms with Gasteiger partial charge in [-0.1, -0.05) is 0 Å². The van der Waals surface area contributed by atoms with Crippen molar-refractivity contribution >= 4 is 9.84 Å². The van der Waals surface area contributed by atoms with Crippen LogP contribution in [-0.2, 0) is 16.5 Å². The molecule has 0 unspecified atom stereocenters. The molecule has 0 spiro atoms. The minimum absolute atomic E-state index is 0.432. The number of hydrogen-bond acceptors (Lipinski definition) is 2. The summed E-state index contributed by atoms with van der Waals surface area (Å²) >= 11 is 0. The molecule has 2 nitrogen and oxygen atoms in total. The number of hydrogen-bond donors (Lipinski definition) is 0. The van der Waals surface area contributed by atoms with Gasteiger partial charge in [0.25, 0.3) is 0 Å². The second kappa shape index (κ2) is 4.00. The van der Waals surface area contributed by atoms with E-state index in [4.69, 9.17) is 0 Å². The lowest BCUT2D eigenvalue weighted by Crippen LogP contribution is -2.12. The first kappa shape index (κ1) is 12.9. The first-order valence-electron chi connectivity index (χ1n) is 3.82. The number of benzene rings is 1. The Labute approximate surface area is 87.6 Å². The Morgan fingerprint density at radius 3 is 1.75 bits per heavy atom. The first-order valence-corrected chi connectivity index (χ1v) is 5.71. The van der Waals surface area contributed by atoms with Gasteiger partial charge in [0.15, 0.2) is 33.1 Å². The molecule has 0 atom stereocenters. The van der Waals surface area contributed by atoms with Gasteiger partial charge in [-0.05, 0) is 0 Å². The quantitative estimate of drug-likeness (QED) is 0.353. The van der Waals surface area contributed by atoms with E-state index in [9.17, 15) is 30.4 Å². The zero-order chi connectivity index (χ0) is 12.7. The molecule has 8 heteroatoms. The van der Waals surface area contributed by atoms with Crippen LogP contribution in [0.5, 0.6) is 0 Å². The highest BCUT2D eigenvalue weighted by Gasteiger charge is 2.30. The molecule has 90 valence electrons. The fourth-order valence-electron chi connectivity index (χ4n) is 1.16. The zero-order valence-electron chi connectivity index (χ0n) is 7.82. The van der Waals surface area contributed by atoms with Gasteiger partial charge in [0.1, 0.15) is 11.6 Å². The van der Waals surface area contributed by atoms with E-state index in [2.05, 4.69) is 0 Å². The number of alkyl halides is 1. The summed E-state index contributed by atoms with van der Waals surface area (Å²) in [5.74, 6) is -8.68. The standard InChI is InChI=1S/C8H5F5O2S/c1-16(14,15)8-3(2-9)4(10)5(11)6(12)7(8)13/h2H2,1H3. The van der Waals surface area contributed by atoms with Crippen molar-refractivity contribution in [2.45, 2.75) is 11.6 Å². The second-order valence-electron chi connectivity index (χ2n) is 2.97. The molecule has 16 heavy (non-hydrogen) atoms. The van der Waals surface area contributed by atoms with E-state index < -0.39 is 50.2 Å². The van der Waals surface area contributed by atoms with Crippen molar-refractivity contribution in [3.63, 3.8) is 0 Å². The van der Waals surface area contributed by atoms with Gasteiger partial charge in [0, 0.05) is 11.8 Å². The number of rotatable bonds is 2. The maximum absolute atomic E-state index is 13.1. The van der Waals surface area contributed by atoms with Crippen molar-refractivity contribution in [1.29, 1.82) is 0 Å². The maximum Gasteiger partial charge on any atom is 0.198 e. The van der Waals surface area contributed by atoms with Crippen molar-refractivity contribution in [1.82, 2.24) is 0 Å². The Morgan fingerprint density at radius 2 is 1.38 bits per heavy atom. The SMILES string of the molecule is CS(=O)(=O)c1c(F)c(F)c(F)c(F)c1CF. The van der Waals surface area contributed by atoms with E-state index in [1.54, 1.807) is 0 Å². The van der Waals surface area contributed by atoms with Crippen LogP contribution in [0.25, 0.3) is 0 Å². The lowest BCUT2D eigenvalue weighted by Gasteiger charge is -2.09. The molecule has 0 aliphatic heterocycles. The van der Waals surface area contributed by atoms with Crippen LogP contribution in [-0.4, -0.2) is 14.7 Å². The minimum atomic E-state index is -4.40. The Kier molecular flexibility index (Phi) is 3.22. The average Bonchev–Trinajstić information content (AvgIpc) is 2.18. The summed E-state index contributed by atoms with van der Waals surface area (Å²) < 4.78 is 85.7. The van der Waals surface area contributed by atoms with Gasteiger partial charge in [-0.25, -0.2) is 30.4 Å². The second-order valence-corrected chi connectivity index (χ2v) is 4.92. The van der Waals surface area contributed by atoms with Crippen LogP contribution in [0, 0.1) is 23.3 Å². The molecule has 0 bridgehead atoms. The van der Waals surface area contributed by atoms with E-state index in [0.29, 0.717) is 6.26 Å². The van der Waals surface area contributed by atoms with Gasteiger partial charge >= 0.3 is 0 Å². The van der Waals surface area contributed by atoms with Crippen LogP contribution in [0.1, 0.15) is 5.56 Å². The topological polar surface area (TPSA) is 34.1 Å². The summed E-state index contributed by atoms with van der Waals surface area (Å²) in [5.41, 5.74) is -1.35. The summed E-state index contributed by atoms with van der Waals surface area (Å²) in [4.78, 5) is -1.49. The molecule has 1 aromatic rings. The number of sulfone groups is 1. The largest absolute Gasteiger partial charge is 0.246 e. The summed E-state index contributed by atoms with van der Waals surface area (Å²) in [5, 5.41) is 0. The van der Waals surface area contributed by atoms with Gasteiger partial charge in [-0.3, -0.25) is 0 Å².